The molecule has 0 bridgehead atoms. The summed E-state index contributed by atoms with van der Waals surface area (Å²) >= 11 is 0. The Kier molecular flexibility index (Phi) is 3.43. The third-order valence-corrected chi connectivity index (χ3v) is 4.45. The molecule has 4 nitrogen and oxygen atoms in total. The Bertz CT molecular complexity index is 518. The van der Waals surface area contributed by atoms with E-state index in [-0.39, 0.29) is 5.41 Å². The summed E-state index contributed by atoms with van der Waals surface area (Å²) in [5.41, 5.74) is 1.66. The minimum atomic E-state index is -0.339. The molecule has 5 heteroatoms. The van der Waals surface area contributed by atoms with Gasteiger partial charge in [0.2, 0.25) is 0 Å². The Labute approximate surface area is 110 Å². The maximum atomic E-state index is 10.4. The first-order chi connectivity index (χ1) is 8.52. The fraction of sp³-hybridized carbons (Fsp3) is 0.538. The molecule has 1 N–H and O–H groups in total. The average molecular weight is 261 g/mol. The van der Waals surface area contributed by atoms with Gasteiger partial charge in [0.05, 0.1) is 11.1 Å². The van der Waals surface area contributed by atoms with Gasteiger partial charge in [0.15, 0.2) is 5.82 Å². The van der Waals surface area contributed by atoms with Crippen molar-refractivity contribution in [1.82, 2.24) is 9.78 Å². The van der Waals surface area contributed by atoms with E-state index in [2.05, 4.69) is 23.6 Å². The summed E-state index contributed by atoms with van der Waals surface area (Å²) in [6, 6.07) is 2.97. The quantitative estimate of drug-likeness (QED) is 0.847. The summed E-state index contributed by atoms with van der Waals surface area (Å²) in [5, 5.41) is 14.8. The molecule has 2 radical (unpaired) electrons. The molecule has 1 unspecified atom stereocenters. The van der Waals surface area contributed by atoms with Crippen LogP contribution in [0.1, 0.15) is 32.9 Å². The predicted octanol–water partition coefficient (Wildman–Crippen LogP) is 2.71. The monoisotopic (exact) mass is 261 g/mol. The third-order valence-electron chi connectivity index (χ3n) is 3.73. The van der Waals surface area contributed by atoms with E-state index in [1.54, 1.807) is 4.68 Å². The first-order valence-corrected chi connectivity index (χ1v) is 7.92. The number of nitrogens with zero attached hydrogens (tertiary/aromatic N) is 3. The van der Waals surface area contributed by atoms with Gasteiger partial charge in [-0.25, -0.2) is 9.67 Å². The lowest BCUT2D eigenvalue weighted by molar-refractivity contribution is 0.301. The second kappa shape index (κ2) is 4.72. The lowest BCUT2D eigenvalue weighted by Crippen LogP contribution is -2.24. The van der Waals surface area contributed by atoms with Crippen LogP contribution in [0.4, 0.5) is 0 Å². The fourth-order valence-electron chi connectivity index (χ4n) is 2.09. The van der Waals surface area contributed by atoms with Crippen LogP contribution in [0.5, 0.6) is 0 Å². The van der Waals surface area contributed by atoms with E-state index in [4.69, 9.17) is 0 Å². The molecule has 1 aliphatic heterocycles. The number of aliphatic hydroxyl groups excluding tert-OH is 1. The van der Waals surface area contributed by atoms with Gasteiger partial charge in [0, 0.05) is 21.4 Å². The van der Waals surface area contributed by atoms with E-state index < -0.39 is 0 Å². The van der Waals surface area contributed by atoms with Crippen LogP contribution in [-0.4, -0.2) is 30.1 Å². The maximum Gasteiger partial charge on any atom is 0.192 e. The smallest absolute Gasteiger partial charge is 0.192 e. The Morgan fingerprint density at radius 3 is 2.78 bits per heavy atom. The van der Waals surface area contributed by atoms with Crippen molar-refractivity contribution >= 4 is 21.1 Å². The largest absolute Gasteiger partial charge is 0.507 e. The van der Waals surface area contributed by atoms with Crippen LogP contribution in [0, 0.1) is 5.41 Å². The zero-order valence-corrected chi connectivity index (χ0v) is 12.4. The fourth-order valence-corrected chi connectivity index (χ4v) is 2.64. The Balaban J connectivity index is 2.38. The van der Waals surface area contributed by atoms with Crippen LogP contribution in [0.2, 0.25) is 6.55 Å². The zero-order valence-electron chi connectivity index (χ0n) is 11.4. The normalized spacial score (nSPS) is 23.7. The Hall–Kier alpha value is -1.36. The van der Waals surface area contributed by atoms with E-state index in [0.717, 1.165) is 33.4 Å². The predicted molar refractivity (Wildman–Crippen MR) is 74.9 cm³/mol. The van der Waals surface area contributed by atoms with E-state index >= 15 is 0 Å². The molecule has 0 fully saturated rings. The highest BCUT2D eigenvalue weighted by atomic mass is 28.2. The van der Waals surface area contributed by atoms with Crippen LogP contribution in [0.3, 0.4) is 0 Å². The summed E-state index contributed by atoms with van der Waals surface area (Å²) in [6.07, 6.45) is 2.71. The number of aromatic nitrogens is 2. The molecular formula is C13H19N3OSi. The highest BCUT2D eigenvalue weighted by Gasteiger charge is 2.38. The summed E-state index contributed by atoms with van der Waals surface area (Å²) in [5.74, 6) is 0.902. The van der Waals surface area contributed by atoms with Crippen molar-refractivity contribution in [2.45, 2.75) is 39.8 Å². The molecule has 1 aliphatic rings. The third kappa shape index (κ3) is 1.92. The zero-order chi connectivity index (χ0) is 13.3. The minimum absolute atomic E-state index is 0.330. The van der Waals surface area contributed by atoms with Gasteiger partial charge in [-0.05, 0) is 32.4 Å². The minimum Gasteiger partial charge on any atom is -0.507 e. The number of allylic oxidation sites excluding steroid dienone is 1. The first kappa shape index (κ1) is 13.1. The van der Waals surface area contributed by atoms with Gasteiger partial charge in [-0.15, -0.1) is 0 Å². The molecule has 0 amide bonds. The molecule has 1 atom stereocenters. The summed E-state index contributed by atoms with van der Waals surface area (Å²) in [7, 11) is 0.847. The van der Waals surface area contributed by atoms with E-state index in [0.29, 0.717) is 11.6 Å². The van der Waals surface area contributed by atoms with Gasteiger partial charge in [-0.3, -0.25) is 0 Å². The van der Waals surface area contributed by atoms with Crippen LogP contribution >= 0.6 is 0 Å². The number of hydrogen-bond acceptors (Lipinski definition) is 3. The lowest BCUT2D eigenvalue weighted by Gasteiger charge is -2.22. The molecule has 1 aromatic heterocycles. The molecule has 2 rings (SSSR count). The average Bonchev–Trinajstić information content (AvgIpc) is 2.89. The van der Waals surface area contributed by atoms with E-state index in [1.165, 1.54) is 0 Å². The number of hydrogen-bond donors (Lipinski definition) is 1. The van der Waals surface area contributed by atoms with Gasteiger partial charge in [0.25, 0.3) is 0 Å². The van der Waals surface area contributed by atoms with Gasteiger partial charge in [0.1, 0.15) is 5.76 Å². The Morgan fingerprint density at radius 2 is 2.22 bits per heavy atom. The summed E-state index contributed by atoms with van der Waals surface area (Å²) < 4.78 is 1.69. The molecule has 1 aromatic rings. The number of aliphatic hydroxyl groups is 1. The van der Waals surface area contributed by atoms with Crippen LogP contribution in [0.25, 0.3) is 5.82 Å². The van der Waals surface area contributed by atoms with E-state index in [9.17, 15) is 5.11 Å². The molecule has 18 heavy (non-hydrogen) atoms. The standard InChI is InChI=1S/C13H19N3OSi/c1-5-13(3)9(2)14-12(11(13)17)16-7-6-10(15-16)8-18-4/h6-7,17H,5,8H2,1-4H3. The van der Waals surface area contributed by atoms with Crippen molar-refractivity contribution in [2.75, 3.05) is 0 Å². The molecule has 0 aliphatic carbocycles. The van der Waals surface area contributed by atoms with Crippen molar-refractivity contribution in [3.63, 3.8) is 0 Å². The van der Waals surface area contributed by atoms with Crippen molar-refractivity contribution in [2.24, 2.45) is 10.4 Å². The topological polar surface area (TPSA) is 50.4 Å². The highest BCUT2D eigenvalue weighted by molar-refractivity contribution is 6.32. The molecule has 0 spiro atoms. The number of aliphatic imine (C=N–C) groups is 1. The van der Waals surface area contributed by atoms with E-state index in [1.807, 2.05) is 26.1 Å². The Morgan fingerprint density at radius 1 is 1.50 bits per heavy atom. The molecule has 0 saturated heterocycles. The number of rotatable bonds is 4. The van der Waals surface area contributed by atoms with Crippen LogP contribution < -0.4 is 0 Å². The van der Waals surface area contributed by atoms with Crippen molar-refractivity contribution in [3.8, 4) is 0 Å². The molecular weight excluding hydrogens is 242 g/mol. The second-order valence-electron chi connectivity index (χ2n) is 4.84. The van der Waals surface area contributed by atoms with Gasteiger partial charge in [-0.2, -0.15) is 5.10 Å². The van der Waals surface area contributed by atoms with Crippen molar-refractivity contribution < 1.29 is 5.11 Å². The summed E-state index contributed by atoms with van der Waals surface area (Å²) in [6.45, 7) is 8.20. The second-order valence-corrected chi connectivity index (χ2v) is 5.90. The van der Waals surface area contributed by atoms with Gasteiger partial charge >= 0.3 is 0 Å². The van der Waals surface area contributed by atoms with Crippen molar-refractivity contribution in [3.05, 3.63) is 23.7 Å². The van der Waals surface area contributed by atoms with Crippen LogP contribution in [-0.2, 0) is 6.04 Å². The molecule has 96 valence electrons. The van der Waals surface area contributed by atoms with Gasteiger partial charge < -0.3 is 5.11 Å². The lowest BCUT2D eigenvalue weighted by atomic mass is 9.82. The van der Waals surface area contributed by atoms with Crippen molar-refractivity contribution in [1.29, 1.82) is 0 Å². The first-order valence-electron chi connectivity index (χ1n) is 6.22. The maximum absolute atomic E-state index is 10.4. The van der Waals surface area contributed by atoms with Gasteiger partial charge in [-0.1, -0.05) is 13.5 Å². The molecule has 0 aromatic carbocycles. The molecule has 2 heterocycles. The SMILES string of the molecule is CCC1(C)C(C)=NC(n2ccc(C[Si]C)n2)=C1O. The summed E-state index contributed by atoms with van der Waals surface area (Å²) in [4.78, 5) is 4.49. The molecule has 0 saturated carbocycles. The van der Waals surface area contributed by atoms with Crippen LogP contribution in [0.15, 0.2) is 23.0 Å². The highest BCUT2D eigenvalue weighted by Crippen LogP contribution is 2.39.